The van der Waals surface area contributed by atoms with E-state index in [0.717, 1.165) is 23.4 Å². The summed E-state index contributed by atoms with van der Waals surface area (Å²) in [6, 6.07) is 13.9. The van der Waals surface area contributed by atoms with E-state index >= 15 is 0 Å². The standard InChI is InChI=1S/C16H16Cl3N/c1-20-15(8-11-2-5-13(17)6-3-11)9-12-4-7-14(18)10-16(12)19/h2-7,10,15,20H,8-9H2,1H3. The van der Waals surface area contributed by atoms with Gasteiger partial charge in [-0.3, -0.25) is 0 Å². The summed E-state index contributed by atoms with van der Waals surface area (Å²) < 4.78 is 0. The normalized spacial score (nSPS) is 12.4. The fourth-order valence-electron chi connectivity index (χ4n) is 2.13. The molecule has 0 fully saturated rings. The fraction of sp³-hybridized carbons (Fsp3) is 0.250. The van der Waals surface area contributed by atoms with Gasteiger partial charge in [0.05, 0.1) is 0 Å². The first kappa shape index (κ1) is 15.7. The highest BCUT2D eigenvalue weighted by Crippen LogP contribution is 2.23. The zero-order chi connectivity index (χ0) is 14.5. The monoisotopic (exact) mass is 327 g/mol. The molecule has 0 aliphatic rings. The number of hydrogen-bond acceptors (Lipinski definition) is 1. The first-order valence-corrected chi connectivity index (χ1v) is 7.57. The van der Waals surface area contributed by atoms with E-state index in [2.05, 4.69) is 17.4 Å². The Bertz CT molecular complexity index is 566. The summed E-state index contributed by atoms with van der Waals surface area (Å²) in [7, 11) is 1.96. The Labute approximate surface area is 134 Å². The molecular formula is C16H16Cl3N. The number of hydrogen-bond donors (Lipinski definition) is 1. The van der Waals surface area contributed by atoms with Gasteiger partial charge in [0.1, 0.15) is 0 Å². The summed E-state index contributed by atoms with van der Waals surface area (Å²) in [6.45, 7) is 0. The molecule has 0 spiro atoms. The molecule has 0 aromatic heterocycles. The van der Waals surface area contributed by atoms with Crippen LogP contribution in [-0.4, -0.2) is 13.1 Å². The summed E-state index contributed by atoms with van der Waals surface area (Å²) >= 11 is 18.0. The highest BCUT2D eigenvalue weighted by molar-refractivity contribution is 6.35. The van der Waals surface area contributed by atoms with Crippen LogP contribution in [0.2, 0.25) is 15.1 Å². The van der Waals surface area contributed by atoms with Crippen LogP contribution in [0.1, 0.15) is 11.1 Å². The van der Waals surface area contributed by atoms with E-state index in [-0.39, 0.29) is 0 Å². The van der Waals surface area contributed by atoms with Crippen LogP contribution >= 0.6 is 34.8 Å². The lowest BCUT2D eigenvalue weighted by Crippen LogP contribution is -2.30. The summed E-state index contributed by atoms with van der Waals surface area (Å²) in [6.07, 6.45) is 1.78. The molecule has 1 nitrogen and oxygen atoms in total. The average Bonchev–Trinajstić information content (AvgIpc) is 2.43. The zero-order valence-corrected chi connectivity index (χ0v) is 13.4. The van der Waals surface area contributed by atoms with Crippen molar-refractivity contribution < 1.29 is 0 Å². The van der Waals surface area contributed by atoms with Crippen molar-refractivity contribution in [3.63, 3.8) is 0 Å². The van der Waals surface area contributed by atoms with Crippen LogP contribution in [0.25, 0.3) is 0 Å². The van der Waals surface area contributed by atoms with Gasteiger partial charge in [0, 0.05) is 21.1 Å². The van der Waals surface area contributed by atoms with Gasteiger partial charge in [0.2, 0.25) is 0 Å². The van der Waals surface area contributed by atoms with E-state index in [1.165, 1.54) is 5.56 Å². The lowest BCUT2D eigenvalue weighted by atomic mass is 9.99. The molecule has 4 heteroatoms. The SMILES string of the molecule is CNC(Cc1ccc(Cl)cc1)Cc1ccc(Cl)cc1Cl. The lowest BCUT2D eigenvalue weighted by molar-refractivity contribution is 0.556. The molecule has 2 rings (SSSR count). The largest absolute Gasteiger partial charge is 0.316 e. The topological polar surface area (TPSA) is 12.0 Å². The van der Waals surface area contributed by atoms with Gasteiger partial charge in [0.15, 0.2) is 0 Å². The minimum absolute atomic E-state index is 0.315. The van der Waals surface area contributed by atoms with Crippen molar-refractivity contribution in [2.75, 3.05) is 7.05 Å². The minimum atomic E-state index is 0.315. The molecule has 0 saturated carbocycles. The van der Waals surface area contributed by atoms with E-state index in [9.17, 15) is 0 Å². The molecule has 0 aliphatic carbocycles. The van der Waals surface area contributed by atoms with Crippen molar-refractivity contribution in [1.82, 2.24) is 5.32 Å². The Kier molecular flexibility index (Phi) is 5.74. The molecule has 2 aromatic rings. The molecule has 20 heavy (non-hydrogen) atoms. The Morgan fingerprint density at radius 1 is 0.900 bits per heavy atom. The molecule has 1 unspecified atom stereocenters. The second-order valence-corrected chi connectivity index (χ2v) is 6.04. The number of benzene rings is 2. The number of rotatable bonds is 5. The lowest BCUT2D eigenvalue weighted by Gasteiger charge is -2.17. The van der Waals surface area contributed by atoms with Crippen LogP contribution in [0.5, 0.6) is 0 Å². The van der Waals surface area contributed by atoms with Crippen molar-refractivity contribution in [2.24, 2.45) is 0 Å². The van der Waals surface area contributed by atoms with E-state index < -0.39 is 0 Å². The van der Waals surface area contributed by atoms with E-state index in [1.807, 2.05) is 31.3 Å². The van der Waals surface area contributed by atoms with Gasteiger partial charge < -0.3 is 5.32 Å². The molecule has 2 aromatic carbocycles. The Balaban J connectivity index is 2.07. The van der Waals surface area contributed by atoms with Gasteiger partial charge in [-0.15, -0.1) is 0 Å². The molecule has 0 bridgehead atoms. The molecule has 1 N–H and O–H groups in total. The molecular weight excluding hydrogens is 313 g/mol. The highest BCUT2D eigenvalue weighted by atomic mass is 35.5. The first-order chi connectivity index (χ1) is 9.58. The maximum atomic E-state index is 6.22. The van der Waals surface area contributed by atoms with Crippen molar-refractivity contribution >= 4 is 34.8 Å². The smallest absolute Gasteiger partial charge is 0.0453 e. The third-order valence-electron chi connectivity index (χ3n) is 3.29. The maximum absolute atomic E-state index is 6.22. The number of likely N-dealkylation sites (N-methyl/N-ethyl adjacent to an activating group) is 1. The third-order valence-corrected chi connectivity index (χ3v) is 4.12. The van der Waals surface area contributed by atoms with Crippen molar-refractivity contribution in [1.29, 1.82) is 0 Å². The Morgan fingerprint density at radius 2 is 1.55 bits per heavy atom. The van der Waals surface area contributed by atoms with Crippen molar-refractivity contribution in [2.45, 2.75) is 18.9 Å². The van der Waals surface area contributed by atoms with Gasteiger partial charge in [-0.2, -0.15) is 0 Å². The minimum Gasteiger partial charge on any atom is -0.316 e. The van der Waals surface area contributed by atoms with Crippen LogP contribution < -0.4 is 5.32 Å². The fourth-order valence-corrected chi connectivity index (χ4v) is 2.75. The number of nitrogens with one attached hydrogen (secondary N) is 1. The quantitative estimate of drug-likeness (QED) is 0.812. The van der Waals surface area contributed by atoms with Crippen LogP contribution in [0.15, 0.2) is 42.5 Å². The van der Waals surface area contributed by atoms with Crippen LogP contribution in [0.4, 0.5) is 0 Å². The highest BCUT2D eigenvalue weighted by Gasteiger charge is 2.11. The van der Waals surface area contributed by atoms with E-state index in [1.54, 1.807) is 6.07 Å². The molecule has 0 aliphatic heterocycles. The van der Waals surface area contributed by atoms with Gasteiger partial charge in [0.25, 0.3) is 0 Å². The van der Waals surface area contributed by atoms with Crippen LogP contribution in [0.3, 0.4) is 0 Å². The molecule has 0 heterocycles. The second kappa shape index (κ2) is 7.33. The van der Waals surface area contributed by atoms with Gasteiger partial charge in [-0.05, 0) is 55.3 Å². The van der Waals surface area contributed by atoms with Crippen LogP contribution in [-0.2, 0) is 12.8 Å². The van der Waals surface area contributed by atoms with Crippen LogP contribution in [0, 0.1) is 0 Å². The summed E-state index contributed by atoms with van der Waals surface area (Å²) in [5.41, 5.74) is 2.35. The van der Waals surface area contributed by atoms with Crippen molar-refractivity contribution in [3.8, 4) is 0 Å². The second-order valence-electron chi connectivity index (χ2n) is 4.76. The Hall–Kier alpha value is -0.730. The maximum Gasteiger partial charge on any atom is 0.0453 e. The Morgan fingerprint density at radius 3 is 2.15 bits per heavy atom. The molecule has 0 saturated heterocycles. The summed E-state index contributed by atoms with van der Waals surface area (Å²) in [5.74, 6) is 0. The molecule has 0 radical (unpaired) electrons. The summed E-state index contributed by atoms with van der Waals surface area (Å²) in [5, 5.41) is 5.47. The number of halogens is 3. The average molecular weight is 329 g/mol. The first-order valence-electron chi connectivity index (χ1n) is 6.44. The predicted octanol–water partition coefficient (Wildman–Crippen LogP) is 5.02. The van der Waals surface area contributed by atoms with Gasteiger partial charge >= 0.3 is 0 Å². The molecule has 0 amide bonds. The van der Waals surface area contributed by atoms with E-state index in [4.69, 9.17) is 34.8 Å². The predicted molar refractivity (Wildman–Crippen MR) is 88.2 cm³/mol. The van der Waals surface area contributed by atoms with Gasteiger partial charge in [-0.25, -0.2) is 0 Å². The molecule has 1 atom stereocenters. The third kappa shape index (κ3) is 4.39. The van der Waals surface area contributed by atoms with E-state index in [0.29, 0.717) is 16.1 Å². The summed E-state index contributed by atoms with van der Waals surface area (Å²) in [4.78, 5) is 0. The van der Waals surface area contributed by atoms with Crippen molar-refractivity contribution in [3.05, 3.63) is 68.7 Å². The molecule has 106 valence electrons. The van der Waals surface area contributed by atoms with Gasteiger partial charge in [-0.1, -0.05) is 53.0 Å². The zero-order valence-electron chi connectivity index (χ0n) is 11.2.